The van der Waals surface area contributed by atoms with Crippen molar-refractivity contribution >= 4 is 27.5 Å². The van der Waals surface area contributed by atoms with Gasteiger partial charge in [0.25, 0.3) is 0 Å². The number of hydrogen-bond donors (Lipinski definition) is 1. The van der Waals surface area contributed by atoms with Crippen molar-refractivity contribution in [2.75, 3.05) is 6.61 Å². The topological polar surface area (TPSA) is 30.5 Å². The van der Waals surface area contributed by atoms with Gasteiger partial charge in [-0.05, 0) is 102 Å². The number of ether oxygens (including phenoxy) is 2. The van der Waals surface area contributed by atoms with Gasteiger partial charge in [-0.15, -0.1) is 0 Å². The zero-order valence-electron chi connectivity index (χ0n) is 20.0. The molecule has 178 valence electrons. The number of halogens is 2. The van der Waals surface area contributed by atoms with Crippen LogP contribution < -0.4 is 14.8 Å². The van der Waals surface area contributed by atoms with Gasteiger partial charge < -0.3 is 14.8 Å². The predicted octanol–water partition coefficient (Wildman–Crippen LogP) is 7.92. The summed E-state index contributed by atoms with van der Waals surface area (Å²) in [7, 11) is 0. The summed E-state index contributed by atoms with van der Waals surface area (Å²) in [5, 5.41) is 4.75. The van der Waals surface area contributed by atoms with Gasteiger partial charge in [0.15, 0.2) is 11.5 Å². The number of hydrogen-bond acceptors (Lipinski definition) is 3. The Hall–Kier alpha value is -1.23. The normalized spacial score (nSPS) is 32.2. The Morgan fingerprint density at radius 2 is 1.76 bits per heavy atom. The third-order valence-electron chi connectivity index (χ3n) is 7.99. The summed E-state index contributed by atoms with van der Waals surface area (Å²) >= 11 is 10.1. The molecule has 0 saturated heterocycles. The van der Waals surface area contributed by atoms with Gasteiger partial charge in [-0.2, -0.15) is 0 Å². The second-order valence-corrected chi connectivity index (χ2v) is 12.7. The third kappa shape index (κ3) is 4.81. The average molecular weight is 533 g/mol. The van der Waals surface area contributed by atoms with Crippen LogP contribution in [0.4, 0.5) is 0 Å². The monoisotopic (exact) mass is 531 g/mol. The molecule has 33 heavy (non-hydrogen) atoms. The Kier molecular flexibility index (Phi) is 6.25. The molecule has 0 amide bonds. The second-order valence-electron chi connectivity index (χ2n) is 11.5. The minimum Gasteiger partial charge on any atom is -0.490 e. The summed E-state index contributed by atoms with van der Waals surface area (Å²) in [6, 6.07) is 12.1. The first-order chi connectivity index (χ1) is 15.7. The Morgan fingerprint density at radius 3 is 2.42 bits per heavy atom. The molecule has 4 saturated carbocycles. The van der Waals surface area contributed by atoms with Crippen LogP contribution in [0.15, 0.2) is 40.9 Å². The lowest BCUT2D eigenvalue weighted by atomic mass is 9.43. The lowest BCUT2D eigenvalue weighted by molar-refractivity contribution is -0.118. The molecule has 3 nitrogen and oxygen atoms in total. The van der Waals surface area contributed by atoms with Crippen LogP contribution in [0, 0.1) is 16.7 Å². The van der Waals surface area contributed by atoms with E-state index in [1.807, 2.05) is 31.2 Å². The lowest BCUT2D eigenvalue weighted by Crippen LogP contribution is -2.63. The van der Waals surface area contributed by atoms with E-state index in [1.54, 1.807) is 0 Å². The summed E-state index contributed by atoms with van der Waals surface area (Å²) in [4.78, 5) is 0. The van der Waals surface area contributed by atoms with E-state index in [1.165, 1.54) is 44.1 Å². The molecule has 2 atom stereocenters. The molecule has 4 aliphatic carbocycles. The zero-order valence-corrected chi connectivity index (χ0v) is 22.3. The fraction of sp³-hybridized carbons (Fsp3) is 0.571. The Bertz CT molecular complexity index is 1020. The van der Waals surface area contributed by atoms with Gasteiger partial charge in [-0.1, -0.05) is 43.6 Å². The van der Waals surface area contributed by atoms with E-state index >= 15 is 0 Å². The van der Waals surface area contributed by atoms with Crippen molar-refractivity contribution in [3.05, 3.63) is 57.0 Å². The molecule has 2 unspecified atom stereocenters. The first-order valence-corrected chi connectivity index (χ1v) is 13.4. The van der Waals surface area contributed by atoms with E-state index in [-0.39, 0.29) is 5.54 Å². The molecule has 6 rings (SSSR count). The molecule has 0 radical (unpaired) electrons. The first-order valence-electron chi connectivity index (χ1n) is 12.3. The highest BCUT2D eigenvalue weighted by Gasteiger charge is 2.59. The lowest BCUT2D eigenvalue weighted by Gasteiger charge is -2.65. The maximum absolute atomic E-state index is 6.31. The minimum absolute atomic E-state index is 0.278. The fourth-order valence-corrected chi connectivity index (χ4v) is 8.62. The highest BCUT2D eigenvalue weighted by atomic mass is 79.9. The van der Waals surface area contributed by atoms with Crippen molar-refractivity contribution in [2.45, 2.75) is 78.0 Å². The van der Waals surface area contributed by atoms with Crippen molar-refractivity contribution in [3.63, 3.8) is 0 Å². The molecule has 2 aromatic rings. The van der Waals surface area contributed by atoms with E-state index in [0.29, 0.717) is 29.1 Å². The largest absolute Gasteiger partial charge is 0.490 e. The number of benzene rings is 2. The second kappa shape index (κ2) is 8.77. The number of rotatable bonds is 8. The maximum atomic E-state index is 6.31. The van der Waals surface area contributed by atoms with Gasteiger partial charge in [0.2, 0.25) is 0 Å². The van der Waals surface area contributed by atoms with Crippen molar-refractivity contribution < 1.29 is 9.47 Å². The van der Waals surface area contributed by atoms with E-state index in [2.05, 4.69) is 47.2 Å². The van der Waals surface area contributed by atoms with Crippen molar-refractivity contribution in [3.8, 4) is 11.5 Å². The molecule has 1 N–H and O–H groups in total. The van der Waals surface area contributed by atoms with Gasteiger partial charge in [-0.3, -0.25) is 0 Å². The molecule has 2 aromatic carbocycles. The van der Waals surface area contributed by atoms with Crippen LogP contribution in [-0.4, -0.2) is 12.1 Å². The molecule has 0 spiro atoms. The Balaban J connectivity index is 1.33. The number of nitrogens with one attached hydrogen (secondary N) is 1. The molecule has 0 heterocycles. The van der Waals surface area contributed by atoms with Gasteiger partial charge >= 0.3 is 0 Å². The van der Waals surface area contributed by atoms with E-state index in [9.17, 15) is 0 Å². The highest BCUT2D eigenvalue weighted by Crippen LogP contribution is 2.66. The fourth-order valence-electron chi connectivity index (χ4n) is 7.83. The van der Waals surface area contributed by atoms with E-state index in [0.717, 1.165) is 34.0 Å². The van der Waals surface area contributed by atoms with E-state index in [4.69, 9.17) is 21.1 Å². The minimum atomic E-state index is 0.278. The summed E-state index contributed by atoms with van der Waals surface area (Å²) in [6.45, 7) is 8.91. The molecular weight excluding hydrogens is 498 g/mol. The Morgan fingerprint density at radius 1 is 1.03 bits per heavy atom. The van der Waals surface area contributed by atoms with Gasteiger partial charge in [0.1, 0.15) is 6.61 Å². The Labute approximate surface area is 211 Å². The average Bonchev–Trinajstić information content (AvgIpc) is 2.70. The van der Waals surface area contributed by atoms with Crippen LogP contribution in [0.5, 0.6) is 11.5 Å². The van der Waals surface area contributed by atoms with Crippen LogP contribution in [-0.2, 0) is 13.2 Å². The molecular formula is C28H35BrClNO2. The first kappa shape index (κ1) is 23.5. The molecule has 4 bridgehead atoms. The molecule has 0 aromatic heterocycles. The predicted molar refractivity (Wildman–Crippen MR) is 138 cm³/mol. The SMILES string of the molecule is CCOc1cc(CNC23CC4CC(C)(CC(C)(C4)C2)C3)cc(Br)c1OCc1ccccc1Cl. The van der Waals surface area contributed by atoms with Gasteiger partial charge in [0, 0.05) is 22.7 Å². The van der Waals surface area contributed by atoms with Crippen molar-refractivity contribution in [1.29, 1.82) is 0 Å². The van der Waals surface area contributed by atoms with Crippen LogP contribution in [0.3, 0.4) is 0 Å². The maximum Gasteiger partial charge on any atom is 0.175 e. The van der Waals surface area contributed by atoms with Crippen molar-refractivity contribution in [1.82, 2.24) is 5.32 Å². The van der Waals surface area contributed by atoms with Crippen LogP contribution in [0.25, 0.3) is 0 Å². The summed E-state index contributed by atoms with van der Waals surface area (Å²) in [6.07, 6.45) is 8.19. The summed E-state index contributed by atoms with van der Waals surface area (Å²) in [5.74, 6) is 2.39. The highest BCUT2D eigenvalue weighted by molar-refractivity contribution is 9.10. The molecule has 0 aliphatic heterocycles. The summed E-state index contributed by atoms with van der Waals surface area (Å²) < 4.78 is 13.1. The standard InChI is InChI=1S/C28H35BrClNO2/c1-4-32-24-10-19(9-22(29)25(24)33-15-21-7-5-6-8-23(21)30)14-31-28-13-20-11-26(2,17-28)16-27(3,12-20)18-28/h5-10,20,31H,4,11-18H2,1-3H3. The molecule has 5 heteroatoms. The zero-order chi connectivity index (χ0) is 23.3. The molecule has 4 fully saturated rings. The van der Waals surface area contributed by atoms with Crippen LogP contribution >= 0.6 is 27.5 Å². The van der Waals surface area contributed by atoms with Crippen molar-refractivity contribution in [2.24, 2.45) is 16.7 Å². The third-order valence-corrected chi connectivity index (χ3v) is 8.95. The smallest absolute Gasteiger partial charge is 0.175 e. The molecule has 4 aliphatic rings. The van der Waals surface area contributed by atoms with E-state index < -0.39 is 0 Å². The quantitative estimate of drug-likeness (QED) is 0.374. The van der Waals surface area contributed by atoms with Gasteiger partial charge in [0.05, 0.1) is 11.1 Å². The van der Waals surface area contributed by atoms with Crippen LogP contribution in [0.1, 0.15) is 70.4 Å². The summed E-state index contributed by atoms with van der Waals surface area (Å²) in [5.41, 5.74) is 3.48. The van der Waals surface area contributed by atoms with Gasteiger partial charge in [-0.25, -0.2) is 0 Å². The van der Waals surface area contributed by atoms with Crippen LogP contribution in [0.2, 0.25) is 5.02 Å².